The molecule has 2 aromatic carbocycles. The van der Waals surface area contributed by atoms with Crippen molar-refractivity contribution in [2.24, 2.45) is 0 Å². The number of fused-ring (bicyclic) bond motifs is 1. The van der Waals surface area contributed by atoms with Gasteiger partial charge in [-0.25, -0.2) is 14.4 Å². The van der Waals surface area contributed by atoms with Gasteiger partial charge in [0.05, 0.1) is 35.0 Å². The summed E-state index contributed by atoms with van der Waals surface area (Å²) in [5.74, 6) is -0.366. The molecule has 8 heteroatoms. The number of amides is 1. The minimum absolute atomic E-state index is 0.0225. The summed E-state index contributed by atoms with van der Waals surface area (Å²) in [6.45, 7) is 1.22. The van der Waals surface area contributed by atoms with Crippen LogP contribution in [0.2, 0.25) is 0 Å². The number of hydrogen-bond acceptors (Lipinski definition) is 6. The van der Waals surface area contributed by atoms with Gasteiger partial charge in [-0.1, -0.05) is 35.6 Å². The zero-order chi connectivity index (χ0) is 21.2. The smallest absolute Gasteiger partial charge is 0.234 e. The molecule has 0 radical (unpaired) electrons. The lowest BCUT2D eigenvalue weighted by molar-refractivity contribution is -0.118. The number of hydrogen-bond donors (Lipinski definition) is 0. The van der Waals surface area contributed by atoms with E-state index in [1.807, 2.05) is 35.7 Å². The van der Waals surface area contributed by atoms with Crippen LogP contribution in [-0.4, -0.2) is 35.1 Å². The van der Waals surface area contributed by atoms with Crippen molar-refractivity contribution >= 4 is 43.9 Å². The molecule has 4 aromatic rings. The number of anilines is 1. The highest BCUT2D eigenvalue weighted by atomic mass is 32.1. The van der Waals surface area contributed by atoms with E-state index in [0.717, 1.165) is 29.7 Å². The molecule has 1 aliphatic rings. The van der Waals surface area contributed by atoms with Crippen molar-refractivity contribution in [2.75, 3.05) is 18.1 Å². The van der Waals surface area contributed by atoms with Gasteiger partial charge in [-0.2, -0.15) is 0 Å². The van der Waals surface area contributed by atoms with Gasteiger partial charge in [0.2, 0.25) is 5.91 Å². The predicted molar refractivity (Wildman–Crippen MR) is 122 cm³/mol. The Balaban J connectivity index is 1.39. The van der Waals surface area contributed by atoms with Crippen molar-refractivity contribution in [3.05, 3.63) is 65.4 Å². The molecule has 0 spiro atoms. The summed E-state index contributed by atoms with van der Waals surface area (Å²) in [6, 6.07) is 14.2. The van der Waals surface area contributed by atoms with Gasteiger partial charge in [-0.05, 0) is 37.1 Å². The Morgan fingerprint density at radius 1 is 1.19 bits per heavy atom. The van der Waals surface area contributed by atoms with E-state index in [-0.39, 0.29) is 24.2 Å². The van der Waals surface area contributed by atoms with Crippen LogP contribution in [0.5, 0.6) is 0 Å². The van der Waals surface area contributed by atoms with Gasteiger partial charge in [0.25, 0.3) is 0 Å². The summed E-state index contributed by atoms with van der Waals surface area (Å²) in [5.41, 5.74) is 2.27. The van der Waals surface area contributed by atoms with Crippen LogP contribution >= 0.6 is 22.7 Å². The van der Waals surface area contributed by atoms with Crippen molar-refractivity contribution < 1.29 is 13.9 Å². The Hall–Kier alpha value is -2.68. The van der Waals surface area contributed by atoms with Crippen LogP contribution in [0.15, 0.2) is 53.9 Å². The first-order chi connectivity index (χ1) is 15.2. The van der Waals surface area contributed by atoms with E-state index in [4.69, 9.17) is 4.74 Å². The fraction of sp³-hybridized carbons (Fsp3) is 0.261. The lowest BCUT2D eigenvalue weighted by Gasteiger charge is -2.22. The van der Waals surface area contributed by atoms with E-state index < -0.39 is 0 Å². The van der Waals surface area contributed by atoms with E-state index in [9.17, 15) is 9.18 Å². The minimum atomic E-state index is -0.302. The molecular formula is C23H20FN3O2S2. The number of aromatic nitrogens is 2. The molecule has 3 heterocycles. The lowest BCUT2D eigenvalue weighted by atomic mass is 10.2. The van der Waals surface area contributed by atoms with Crippen LogP contribution in [0.3, 0.4) is 0 Å². The molecule has 0 unspecified atom stereocenters. The van der Waals surface area contributed by atoms with Crippen LogP contribution in [0.1, 0.15) is 18.5 Å². The fourth-order valence-electron chi connectivity index (χ4n) is 3.65. The van der Waals surface area contributed by atoms with Gasteiger partial charge in [-0.15, -0.1) is 11.3 Å². The quantitative estimate of drug-likeness (QED) is 0.397. The summed E-state index contributed by atoms with van der Waals surface area (Å²) in [6.07, 6.45) is 2.13. The fourth-order valence-corrected chi connectivity index (χ4v) is 5.46. The summed E-state index contributed by atoms with van der Waals surface area (Å²) >= 11 is 2.92. The van der Waals surface area contributed by atoms with Crippen molar-refractivity contribution in [1.29, 1.82) is 0 Å². The summed E-state index contributed by atoms with van der Waals surface area (Å²) < 4.78 is 20.4. The van der Waals surface area contributed by atoms with Crippen LogP contribution in [0.4, 0.5) is 9.52 Å². The maximum Gasteiger partial charge on any atom is 0.234 e. The van der Waals surface area contributed by atoms with Crippen molar-refractivity contribution in [1.82, 2.24) is 9.97 Å². The zero-order valence-electron chi connectivity index (χ0n) is 16.7. The highest BCUT2D eigenvalue weighted by molar-refractivity contribution is 7.22. The molecule has 2 aromatic heterocycles. The number of para-hydroxylation sites is 1. The average Bonchev–Trinajstić information content (AvgIpc) is 3.52. The number of halogens is 1. The zero-order valence-corrected chi connectivity index (χ0v) is 18.3. The topological polar surface area (TPSA) is 55.3 Å². The Bertz CT molecular complexity index is 1180. The second-order valence-corrected chi connectivity index (χ2v) is 9.30. The molecule has 1 fully saturated rings. The molecule has 31 heavy (non-hydrogen) atoms. The molecule has 0 saturated carbocycles. The third-order valence-electron chi connectivity index (χ3n) is 5.18. The number of benzene rings is 2. The molecule has 158 valence electrons. The Morgan fingerprint density at radius 3 is 2.90 bits per heavy atom. The normalized spacial score (nSPS) is 16.1. The number of carbonyl (C=O) groups excluding carboxylic acids is 1. The molecule has 0 N–H and O–H groups in total. The SMILES string of the molecule is O=C(Cc1csc(-c2cccc(F)c2)n1)N(C[C@H]1CCCO1)c1nc2ccccc2s1. The highest BCUT2D eigenvalue weighted by Crippen LogP contribution is 2.31. The third-order valence-corrected chi connectivity index (χ3v) is 7.18. The maximum absolute atomic E-state index is 13.5. The standard InChI is InChI=1S/C23H20FN3O2S2/c24-16-6-3-5-15(11-16)22-25-17(14-30-22)12-21(28)27(13-18-7-4-10-29-18)23-26-19-8-1-2-9-20(19)31-23/h1-3,5-6,8-9,11,14,18H,4,7,10,12-13H2/t18-/m1/s1. The molecule has 1 aliphatic heterocycles. The van der Waals surface area contributed by atoms with Gasteiger partial charge in [0, 0.05) is 17.6 Å². The van der Waals surface area contributed by atoms with Gasteiger partial charge < -0.3 is 4.74 Å². The number of thiazole rings is 2. The molecule has 0 aliphatic carbocycles. The molecule has 5 nitrogen and oxygen atoms in total. The van der Waals surface area contributed by atoms with Crippen molar-refractivity contribution in [3.8, 4) is 10.6 Å². The second-order valence-electron chi connectivity index (χ2n) is 7.43. The van der Waals surface area contributed by atoms with Gasteiger partial charge >= 0.3 is 0 Å². The number of nitrogens with zero attached hydrogens (tertiary/aromatic N) is 3. The van der Waals surface area contributed by atoms with E-state index in [2.05, 4.69) is 9.97 Å². The number of rotatable bonds is 6. The van der Waals surface area contributed by atoms with Crippen LogP contribution in [0.25, 0.3) is 20.8 Å². The first kappa shape index (κ1) is 20.2. The summed E-state index contributed by atoms with van der Waals surface area (Å²) in [7, 11) is 0. The number of carbonyl (C=O) groups is 1. The average molecular weight is 454 g/mol. The molecule has 1 saturated heterocycles. The summed E-state index contributed by atoms with van der Waals surface area (Å²) in [5, 5.41) is 3.25. The Labute approximate surface area is 187 Å². The van der Waals surface area contributed by atoms with E-state index >= 15 is 0 Å². The van der Waals surface area contributed by atoms with Gasteiger partial charge in [0.1, 0.15) is 10.8 Å². The first-order valence-electron chi connectivity index (χ1n) is 10.1. The van der Waals surface area contributed by atoms with Crippen molar-refractivity contribution in [3.63, 3.8) is 0 Å². The van der Waals surface area contributed by atoms with Gasteiger partial charge in [-0.3, -0.25) is 9.69 Å². The maximum atomic E-state index is 13.5. The largest absolute Gasteiger partial charge is 0.376 e. The molecular weight excluding hydrogens is 433 g/mol. The number of ether oxygens (including phenoxy) is 1. The van der Waals surface area contributed by atoms with Crippen LogP contribution in [0, 0.1) is 5.82 Å². The van der Waals surface area contributed by atoms with Crippen LogP contribution in [-0.2, 0) is 16.0 Å². The van der Waals surface area contributed by atoms with E-state index in [1.165, 1.54) is 34.8 Å². The molecule has 5 rings (SSSR count). The Kier molecular flexibility index (Phi) is 5.76. The predicted octanol–water partition coefficient (Wildman–Crippen LogP) is 5.31. The van der Waals surface area contributed by atoms with E-state index in [1.54, 1.807) is 11.0 Å². The van der Waals surface area contributed by atoms with E-state index in [0.29, 0.717) is 27.9 Å². The third kappa shape index (κ3) is 4.51. The first-order valence-corrected chi connectivity index (χ1v) is 11.8. The molecule has 0 bridgehead atoms. The lowest BCUT2D eigenvalue weighted by Crippen LogP contribution is -2.38. The van der Waals surface area contributed by atoms with Gasteiger partial charge in [0.15, 0.2) is 5.13 Å². The second kappa shape index (κ2) is 8.82. The van der Waals surface area contributed by atoms with Crippen LogP contribution < -0.4 is 4.90 Å². The molecule has 1 atom stereocenters. The highest BCUT2D eigenvalue weighted by Gasteiger charge is 2.26. The van der Waals surface area contributed by atoms with Crippen molar-refractivity contribution in [2.45, 2.75) is 25.4 Å². The molecule has 1 amide bonds. The monoisotopic (exact) mass is 453 g/mol. The summed E-state index contributed by atoms with van der Waals surface area (Å²) in [4.78, 5) is 24.3. The minimum Gasteiger partial charge on any atom is -0.376 e. The Morgan fingerprint density at radius 2 is 2.10 bits per heavy atom.